The molecule has 208 valence electrons. The van der Waals surface area contributed by atoms with Crippen LogP contribution in [0.5, 0.6) is 0 Å². The molecule has 0 saturated heterocycles. The average Bonchev–Trinajstić information content (AvgIpc) is 2.82. The number of carbonyl (C=O) groups is 2. The maximum atomic E-state index is 12.4. The van der Waals surface area contributed by atoms with E-state index in [0.717, 1.165) is 29.8 Å². The van der Waals surface area contributed by atoms with Crippen molar-refractivity contribution in [3.63, 3.8) is 0 Å². The molecule has 2 aromatic carbocycles. The molecule has 0 spiro atoms. The summed E-state index contributed by atoms with van der Waals surface area (Å²) in [6, 6.07) is 11.0. The molecule has 1 heterocycles. The number of fused-ring (bicyclic) bond motifs is 1. The number of nitrogens with one attached hydrogen (secondary N) is 1. The highest BCUT2D eigenvalue weighted by Gasteiger charge is 2.38. The number of amides is 1. The van der Waals surface area contributed by atoms with Crippen molar-refractivity contribution in [3.8, 4) is 0 Å². The lowest BCUT2D eigenvalue weighted by Gasteiger charge is -2.33. The molecule has 1 aliphatic heterocycles. The first kappa shape index (κ1) is 31.2. The minimum atomic E-state index is -5.08. The summed E-state index contributed by atoms with van der Waals surface area (Å²) in [4.78, 5) is 27.4. The van der Waals surface area contributed by atoms with Crippen molar-refractivity contribution < 1.29 is 27.9 Å². The number of aliphatic imine (C=N–C) groups is 1. The van der Waals surface area contributed by atoms with E-state index in [1.807, 2.05) is 30.3 Å². The number of guanidine groups is 1. The zero-order valence-electron chi connectivity index (χ0n) is 20.4. The molecule has 8 N–H and O–H groups in total. The topological polar surface area (TPSA) is 160 Å². The van der Waals surface area contributed by atoms with E-state index in [2.05, 4.69) is 22.3 Å². The maximum absolute atomic E-state index is 12.4. The normalized spacial score (nSPS) is 15.9. The van der Waals surface area contributed by atoms with Gasteiger partial charge < -0.3 is 32.5 Å². The first-order valence-electron chi connectivity index (χ1n) is 11.4. The number of rotatable bonds is 7. The SMILES string of the molecule is CN1Cc2c(Cl)cc(Cl)cc2C(c2ccc(NC(=O)[C@@H](N)CCCN=C(N)N)cc2)C1.O=C(O)C(F)(F)F. The minimum Gasteiger partial charge on any atom is -0.475 e. The number of carboxylic acids is 1. The van der Waals surface area contributed by atoms with Gasteiger partial charge in [0.25, 0.3) is 0 Å². The lowest BCUT2D eigenvalue weighted by atomic mass is 9.84. The highest BCUT2D eigenvalue weighted by Crippen LogP contribution is 2.38. The smallest absolute Gasteiger partial charge is 0.475 e. The molecule has 1 amide bonds. The molecule has 0 aliphatic carbocycles. The standard InChI is InChI=1S/C22H28Cl2N6O.C2HF3O2/c1-30-11-17(16-9-14(23)10-19(24)18(16)12-30)13-4-6-15(7-5-13)29-21(31)20(25)3-2-8-28-22(26)27;3-2(4,5)1(6)7/h4-7,9-10,17,20H,2-3,8,11-12,25H2,1H3,(H,29,31)(H4,26,27,28);(H,6,7)/t17?,20-;/m0./s1. The number of hydrogen-bond acceptors (Lipinski definition) is 5. The molecule has 2 atom stereocenters. The highest BCUT2D eigenvalue weighted by molar-refractivity contribution is 6.35. The van der Waals surface area contributed by atoms with Crippen LogP contribution in [0.25, 0.3) is 0 Å². The zero-order valence-corrected chi connectivity index (χ0v) is 21.9. The van der Waals surface area contributed by atoms with Crippen molar-refractivity contribution in [2.24, 2.45) is 22.2 Å². The van der Waals surface area contributed by atoms with Crippen molar-refractivity contribution in [1.29, 1.82) is 0 Å². The van der Waals surface area contributed by atoms with Gasteiger partial charge in [0.2, 0.25) is 5.91 Å². The number of aliphatic carboxylic acids is 1. The van der Waals surface area contributed by atoms with E-state index in [9.17, 15) is 18.0 Å². The van der Waals surface area contributed by atoms with Crippen molar-refractivity contribution in [1.82, 2.24) is 4.90 Å². The maximum Gasteiger partial charge on any atom is 0.490 e. The van der Waals surface area contributed by atoms with Crippen molar-refractivity contribution in [2.45, 2.75) is 37.5 Å². The molecule has 14 heteroatoms. The Morgan fingerprint density at radius 3 is 2.37 bits per heavy atom. The summed E-state index contributed by atoms with van der Waals surface area (Å²) in [5, 5.41) is 11.3. The molecule has 9 nitrogen and oxygen atoms in total. The van der Waals surface area contributed by atoms with Crippen LogP contribution in [-0.4, -0.2) is 60.2 Å². The molecule has 0 saturated carbocycles. The van der Waals surface area contributed by atoms with E-state index in [1.165, 1.54) is 0 Å². The Morgan fingerprint density at radius 1 is 1.21 bits per heavy atom. The largest absolute Gasteiger partial charge is 0.490 e. The fraction of sp³-hybridized carbons (Fsp3) is 0.375. The van der Waals surface area contributed by atoms with Gasteiger partial charge in [0, 0.05) is 41.3 Å². The van der Waals surface area contributed by atoms with Crippen LogP contribution in [0.3, 0.4) is 0 Å². The van der Waals surface area contributed by atoms with Crippen LogP contribution < -0.4 is 22.5 Å². The molecule has 0 bridgehead atoms. The van der Waals surface area contributed by atoms with Gasteiger partial charge in [-0.2, -0.15) is 13.2 Å². The molecular formula is C24H29Cl2F3N6O3. The van der Waals surface area contributed by atoms with Crippen LogP contribution >= 0.6 is 23.2 Å². The van der Waals surface area contributed by atoms with Gasteiger partial charge >= 0.3 is 12.1 Å². The van der Waals surface area contributed by atoms with Gasteiger partial charge in [0.05, 0.1) is 6.04 Å². The second-order valence-corrected chi connectivity index (χ2v) is 9.52. The summed E-state index contributed by atoms with van der Waals surface area (Å²) in [7, 11) is 2.07. The summed E-state index contributed by atoms with van der Waals surface area (Å²) in [6.45, 7) is 2.09. The lowest BCUT2D eigenvalue weighted by Crippen LogP contribution is -2.35. The second kappa shape index (κ2) is 13.7. The van der Waals surface area contributed by atoms with Crippen molar-refractivity contribution in [3.05, 3.63) is 63.1 Å². The third kappa shape index (κ3) is 9.35. The third-order valence-electron chi connectivity index (χ3n) is 5.62. The highest BCUT2D eigenvalue weighted by atomic mass is 35.5. The predicted molar refractivity (Wildman–Crippen MR) is 141 cm³/mol. The number of carbonyl (C=O) groups excluding carboxylic acids is 1. The fourth-order valence-electron chi connectivity index (χ4n) is 3.81. The van der Waals surface area contributed by atoms with Crippen molar-refractivity contribution >= 4 is 46.7 Å². The van der Waals surface area contributed by atoms with E-state index in [1.54, 1.807) is 6.07 Å². The van der Waals surface area contributed by atoms with Gasteiger partial charge in [-0.1, -0.05) is 35.3 Å². The van der Waals surface area contributed by atoms with Gasteiger partial charge in [-0.15, -0.1) is 0 Å². The number of hydrogen-bond donors (Lipinski definition) is 5. The number of anilines is 1. The van der Waals surface area contributed by atoms with E-state index < -0.39 is 18.2 Å². The van der Waals surface area contributed by atoms with Crippen LogP contribution in [0.4, 0.5) is 18.9 Å². The Kier molecular flexibility index (Phi) is 11.2. The van der Waals surface area contributed by atoms with Crippen LogP contribution in [0.1, 0.15) is 35.4 Å². The zero-order chi connectivity index (χ0) is 28.6. The molecule has 0 radical (unpaired) electrons. The monoisotopic (exact) mass is 576 g/mol. The summed E-state index contributed by atoms with van der Waals surface area (Å²) >= 11 is 12.7. The molecule has 0 aromatic heterocycles. The molecule has 1 aliphatic rings. The summed E-state index contributed by atoms with van der Waals surface area (Å²) in [5.74, 6) is -2.81. The number of nitrogens with zero attached hydrogens (tertiary/aromatic N) is 2. The quantitative estimate of drug-likeness (QED) is 0.191. The molecule has 2 aromatic rings. The Balaban J connectivity index is 0.000000638. The van der Waals surface area contributed by atoms with Gasteiger partial charge in [-0.05, 0) is 60.8 Å². The first-order valence-corrected chi connectivity index (χ1v) is 12.1. The molecular weight excluding hydrogens is 548 g/mol. The summed E-state index contributed by atoms with van der Waals surface area (Å²) in [6.07, 6.45) is -3.96. The number of halogens is 5. The van der Waals surface area contributed by atoms with Gasteiger partial charge in [0.1, 0.15) is 0 Å². The number of benzene rings is 2. The van der Waals surface area contributed by atoms with Crippen molar-refractivity contribution in [2.75, 3.05) is 25.5 Å². The van der Waals surface area contributed by atoms with Gasteiger partial charge in [-0.3, -0.25) is 9.79 Å². The molecule has 3 rings (SSSR count). The fourth-order valence-corrected chi connectivity index (χ4v) is 4.38. The van der Waals surface area contributed by atoms with Crippen LogP contribution in [0.15, 0.2) is 41.4 Å². The van der Waals surface area contributed by atoms with E-state index in [4.69, 9.17) is 50.3 Å². The van der Waals surface area contributed by atoms with Gasteiger partial charge in [-0.25, -0.2) is 4.79 Å². The van der Waals surface area contributed by atoms with E-state index >= 15 is 0 Å². The molecule has 0 fully saturated rings. The number of nitrogens with two attached hydrogens (primary N) is 3. The Morgan fingerprint density at radius 2 is 1.82 bits per heavy atom. The third-order valence-corrected chi connectivity index (χ3v) is 6.18. The molecule has 1 unspecified atom stereocenters. The Hall–Kier alpha value is -3.06. The van der Waals surface area contributed by atoms with Crippen LogP contribution in [-0.2, 0) is 16.1 Å². The van der Waals surface area contributed by atoms with Crippen LogP contribution in [0, 0.1) is 0 Å². The number of alkyl halides is 3. The number of likely N-dealkylation sites (N-methyl/N-ethyl adjacent to an activating group) is 1. The second-order valence-electron chi connectivity index (χ2n) is 8.67. The van der Waals surface area contributed by atoms with E-state index in [0.29, 0.717) is 35.1 Å². The predicted octanol–water partition coefficient (Wildman–Crippen LogP) is 3.52. The summed E-state index contributed by atoms with van der Waals surface area (Å²) in [5.41, 5.74) is 20.6. The van der Waals surface area contributed by atoms with Gasteiger partial charge in [0.15, 0.2) is 5.96 Å². The Bertz CT molecular complexity index is 1160. The van der Waals surface area contributed by atoms with Crippen LogP contribution in [0.2, 0.25) is 10.0 Å². The molecule has 38 heavy (non-hydrogen) atoms. The van der Waals surface area contributed by atoms with E-state index in [-0.39, 0.29) is 17.8 Å². The number of carboxylic acid groups (broad SMARTS) is 1. The lowest BCUT2D eigenvalue weighted by molar-refractivity contribution is -0.192. The summed E-state index contributed by atoms with van der Waals surface area (Å²) < 4.78 is 31.7. The Labute approximate surface area is 227 Å². The minimum absolute atomic E-state index is 0.0365. The average molecular weight is 577 g/mol. The first-order chi connectivity index (χ1) is 17.7.